The SMILES string of the molecule is CC(=O)Oc1ccc2c(c1OC(C)=O)CC(c1ccccc1)C=C2CN.Cl. The van der Waals surface area contributed by atoms with E-state index in [0.29, 0.717) is 18.7 Å². The zero-order valence-electron chi connectivity index (χ0n) is 15.2. The number of carbonyl (C=O) groups is 2. The Morgan fingerprint density at radius 1 is 1.04 bits per heavy atom. The van der Waals surface area contributed by atoms with Crippen molar-refractivity contribution in [2.45, 2.75) is 26.2 Å². The summed E-state index contributed by atoms with van der Waals surface area (Å²) < 4.78 is 10.7. The van der Waals surface area contributed by atoms with E-state index in [9.17, 15) is 9.59 Å². The smallest absolute Gasteiger partial charge is 0.308 e. The van der Waals surface area contributed by atoms with Crippen LogP contribution in [-0.4, -0.2) is 18.5 Å². The minimum Gasteiger partial charge on any atom is -0.423 e. The summed E-state index contributed by atoms with van der Waals surface area (Å²) in [4.78, 5) is 23.1. The van der Waals surface area contributed by atoms with E-state index in [4.69, 9.17) is 15.2 Å². The summed E-state index contributed by atoms with van der Waals surface area (Å²) in [5, 5.41) is 0. The van der Waals surface area contributed by atoms with E-state index in [1.54, 1.807) is 6.07 Å². The molecule has 0 amide bonds. The number of rotatable bonds is 4. The van der Waals surface area contributed by atoms with Gasteiger partial charge in [-0.15, -0.1) is 12.4 Å². The zero-order chi connectivity index (χ0) is 18.7. The molecular weight excluding hydrogens is 366 g/mol. The predicted octanol–water partition coefficient (Wildman–Crippen LogP) is 3.64. The monoisotopic (exact) mass is 387 g/mol. The number of hydrogen-bond acceptors (Lipinski definition) is 5. The molecule has 0 aromatic heterocycles. The lowest BCUT2D eigenvalue weighted by Gasteiger charge is -2.26. The molecule has 142 valence electrons. The van der Waals surface area contributed by atoms with Gasteiger partial charge in [-0.3, -0.25) is 9.59 Å². The van der Waals surface area contributed by atoms with Gasteiger partial charge in [-0.25, -0.2) is 0 Å². The molecule has 5 nitrogen and oxygen atoms in total. The summed E-state index contributed by atoms with van der Waals surface area (Å²) in [5.74, 6) is -0.291. The Morgan fingerprint density at radius 2 is 1.70 bits per heavy atom. The normalized spacial score (nSPS) is 15.1. The van der Waals surface area contributed by atoms with Crippen LogP contribution in [0.3, 0.4) is 0 Å². The highest BCUT2D eigenvalue weighted by atomic mass is 35.5. The number of fused-ring (bicyclic) bond motifs is 1. The van der Waals surface area contributed by atoms with Crippen molar-refractivity contribution in [1.82, 2.24) is 0 Å². The van der Waals surface area contributed by atoms with Gasteiger partial charge in [0.2, 0.25) is 0 Å². The molecule has 0 radical (unpaired) electrons. The molecule has 2 aromatic carbocycles. The van der Waals surface area contributed by atoms with Gasteiger partial charge >= 0.3 is 11.9 Å². The van der Waals surface area contributed by atoms with Gasteiger partial charge in [-0.1, -0.05) is 42.5 Å². The Hall–Kier alpha value is -2.63. The van der Waals surface area contributed by atoms with Crippen LogP contribution in [0.5, 0.6) is 11.5 Å². The highest BCUT2D eigenvalue weighted by Crippen LogP contribution is 2.43. The molecule has 0 spiro atoms. The number of benzene rings is 2. The second-order valence-electron chi connectivity index (χ2n) is 6.22. The first-order valence-corrected chi connectivity index (χ1v) is 8.48. The standard InChI is InChI=1S/C21H21NO4.ClH/c1-13(23)25-20-9-8-18-17(12-22)10-16(15-6-4-3-5-7-15)11-19(18)21(20)26-14(2)24;/h3-10,16H,11-12,22H2,1-2H3;1H. The van der Waals surface area contributed by atoms with Crippen LogP contribution < -0.4 is 15.2 Å². The second-order valence-corrected chi connectivity index (χ2v) is 6.22. The fourth-order valence-electron chi connectivity index (χ4n) is 3.30. The van der Waals surface area contributed by atoms with E-state index in [1.807, 2.05) is 24.3 Å². The number of nitrogens with two attached hydrogens (primary N) is 1. The third kappa shape index (κ3) is 4.56. The van der Waals surface area contributed by atoms with Crippen LogP contribution in [0.2, 0.25) is 0 Å². The Kier molecular flexibility index (Phi) is 6.77. The van der Waals surface area contributed by atoms with Crippen LogP contribution in [-0.2, 0) is 16.0 Å². The number of allylic oxidation sites excluding steroid dienone is 1. The molecule has 0 heterocycles. The lowest BCUT2D eigenvalue weighted by Crippen LogP contribution is -2.17. The molecule has 27 heavy (non-hydrogen) atoms. The molecule has 0 saturated carbocycles. The molecule has 1 unspecified atom stereocenters. The Balaban J connectivity index is 0.00000261. The van der Waals surface area contributed by atoms with Crippen molar-refractivity contribution in [3.8, 4) is 11.5 Å². The van der Waals surface area contributed by atoms with E-state index >= 15 is 0 Å². The van der Waals surface area contributed by atoms with Crippen molar-refractivity contribution >= 4 is 29.9 Å². The third-order valence-electron chi connectivity index (χ3n) is 4.34. The first-order valence-electron chi connectivity index (χ1n) is 8.48. The Labute approximate surface area is 164 Å². The van der Waals surface area contributed by atoms with Gasteiger partial charge in [0, 0.05) is 31.9 Å². The molecule has 1 aliphatic carbocycles. The van der Waals surface area contributed by atoms with Gasteiger partial charge < -0.3 is 15.2 Å². The number of halogens is 1. The van der Waals surface area contributed by atoms with E-state index in [0.717, 1.165) is 22.3 Å². The molecule has 1 atom stereocenters. The predicted molar refractivity (Wildman–Crippen MR) is 106 cm³/mol. The van der Waals surface area contributed by atoms with Crippen LogP contribution in [0.4, 0.5) is 0 Å². The summed E-state index contributed by atoms with van der Waals surface area (Å²) in [5.41, 5.74) is 9.84. The molecular formula is C21H22ClNO4. The molecule has 2 N–H and O–H groups in total. The van der Waals surface area contributed by atoms with Gasteiger partial charge in [0.1, 0.15) is 0 Å². The average Bonchev–Trinajstić information content (AvgIpc) is 2.62. The van der Waals surface area contributed by atoms with Crippen molar-refractivity contribution < 1.29 is 19.1 Å². The van der Waals surface area contributed by atoms with Crippen molar-refractivity contribution in [3.63, 3.8) is 0 Å². The number of esters is 2. The van der Waals surface area contributed by atoms with E-state index in [-0.39, 0.29) is 24.1 Å². The molecule has 0 saturated heterocycles. The maximum atomic E-state index is 11.6. The van der Waals surface area contributed by atoms with Gasteiger partial charge in [0.05, 0.1) is 0 Å². The van der Waals surface area contributed by atoms with Crippen molar-refractivity contribution in [2.75, 3.05) is 6.54 Å². The maximum absolute atomic E-state index is 11.6. The van der Waals surface area contributed by atoms with Crippen molar-refractivity contribution in [1.29, 1.82) is 0 Å². The van der Waals surface area contributed by atoms with Gasteiger partial charge in [0.25, 0.3) is 0 Å². The first kappa shape index (κ1) is 20.7. The molecule has 3 rings (SSSR count). The molecule has 2 aromatic rings. The topological polar surface area (TPSA) is 78.6 Å². The minimum atomic E-state index is -0.469. The van der Waals surface area contributed by atoms with Gasteiger partial charge in [0.15, 0.2) is 11.5 Å². The Bertz CT molecular complexity index is 877. The molecule has 1 aliphatic rings. The van der Waals surface area contributed by atoms with Crippen LogP contribution in [0, 0.1) is 0 Å². The summed E-state index contributed by atoms with van der Waals surface area (Å²) in [6, 6.07) is 13.6. The number of ether oxygens (including phenoxy) is 2. The van der Waals surface area contributed by atoms with Crippen molar-refractivity contribution in [2.24, 2.45) is 5.73 Å². The van der Waals surface area contributed by atoms with Crippen LogP contribution in [0.1, 0.15) is 36.5 Å². The lowest BCUT2D eigenvalue weighted by molar-refractivity contribution is -0.134. The highest BCUT2D eigenvalue weighted by Gasteiger charge is 2.27. The fourth-order valence-corrected chi connectivity index (χ4v) is 3.30. The summed E-state index contributed by atoms with van der Waals surface area (Å²) in [6.07, 6.45) is 2.78. The fraction of sp³-hybridized carbons (Fsp3) is 0.238. The van der Waals surface area contributed by atoms with Crippen LogP contribution in [0.25, 0.3) is 5.57 Å². The largest absolute Gasteiger partial charge is 0.423 e. The molecule has 0 aliphatic heterocycles. The van der Waals surface area contributed by atoms with Crippen molar-refractivity contribution in [3.05, 3.63) is 65.2 Å². The second kappa shape index (κ2) is 8.84. The lowest BCUT2D eigenvalue weighted by atomic mass is 9.80. The number of hydrogen-bond donors (Lipinski definition) is 1. The maximum Gasteiger partial charge on any atom is 0.308 e. The first-order chi connectivity index (χ1) is 12.5. The Morgan fingerprint density at radius 3 is 2.30 bits per heavy atom. The van der Waals surface area contributed by atoms with E-state index in [2.05, 4.69) is 18.2 Å². The summed E-state index contributed by atoms with van der Waals surface area (Å²) in [6.45, 7) is 3.01. The molecule has 6 heteroatoms. The van der Waals surface area contributed by atoms with Gasteiger partial charge in [-0.05, 0) is 29.2 Å². The third-order valence-corrected chi connectivity index (χ3v) is 4.34. The van der Waals surface area contributed by atoms with E-state index in [1.165, 1.54) is 13.8 Å². The zero-order valence-corrected chi connectivity index (χ0v) is 16.0. The quantitative estimate of drug-likeness (QED) is 0.640. The highest BCUT2D eigenvalue weighted by molar-refractivity contribution is 5.85. The minimum absolute atomic E-state index is 0. The van der Waals surface area contributed by atoms with Crippen LogP contribution >= 0.6 is 12.4 Å². The number of carbonyl (C=O) groups excluding carboxylic acids is 2. The van der Waals surface area contributed by atoms with Gasteiger partial charge in [-0.2, -0.15) is 0 Å². The summed E-state index contributed by atoms with van der Waals surface area (Å²) in [7, 11) is 0. The molecule has 0 bridgehead atoms. The van der Waals surface area contributed by atoms with E-state index < -0.39 is 11.9 Å². The average molecular weight is 388 g/mol. The van der Waals surface area contributed by atoms with Crippen LogP contribution in [0.15, 0.2) is 48.5 Å². The summed E-state index contributed by atoms with van der Waals surface area (Å²) >= 11 is 0. The molecule has 0 fully saturated rings.